The van der Waals surface area contributed by atoms with Crippen molar-refractivity contribution in [1.29, 1.82) is 0 Å². The zero-order chi connectivity index (χ0) is 20.2. The first kappa shape index (κ1) is 22.5. The van der Waals surface area contributed by atoms with Gasteiger partial charge < -0.3 is 10.2 Å². The van der Waals surface area contributed by atoms with Crippen molar-refractivity contribution in [1.82, 2.24) is 0 Å². The smallest absolute Gasteiger partial charge is 0.185 e. The van der Waals surface area contributed by atoms with Crippen molar-refractivity contribution in [3.8, 4) is 0 Å². The van der Waals surface area contributed by atoms with Crippen molar-refractivity contribution in [2.24, 2.45) is 17.8 Å². The van der Waals surface area contributed by atoms with E-state index in [-0.39, 0.29) is 25.2 Å². The number of carbonyl (C=O) groups is 3. The molecule has 0 radical (unpaired) electrons. The minimum Gasteiger partial charge on any atom is -0.389 e. The minimum absolute atomic E-state index is 0.00335. The van der Waals surface area contributed by atoms with Crippen LogP contribution in [0, 0.1) is 17.8 Å². The maximum Gasteiger partial charge on any atom is 0.185 e. The zero-order valence-corrected chi connectivity index (χ0v) is 16.7. The second-order valence-electron chi connectivity index (χ2n) is 8.19. The van der Waals surface area contributed by atoms with Crippen LogP contribution in [0.1, 0.15) is 60.8 Å². The molecular weight excluding hydrogens is 332 g/mol. The first-order chi connectivity index (χ1) is 11.9. The Balaban J connectivity index is 3.30. The van der Waals surface area contributed by atoms with Gasteiger partial charge in [0.05, 0.1) is 12.0 Å². The van der Waals surface area contributed by atoms with Crippen LogP contribution in [0.4, 0.5) is 0 Å². The lowest BCUT2D eigenvalue weighted by Gasteiger charge is -2.31. The van der Waals surface area contributed by atoms with E-state index in [1.54, 1.807) is 12.2 Å². The van der Waals surface area contributed by atoms with Crippen LogP contribution in [0.15, 0.2) is 23.3 Å². The molecule has 1 rings (SSSR count). The van der Waals surface area contributed by atoms with Gasteiger partial charge in [0, 0.05) is 6.42 Å². The van der Waals surface area contributed by atoms with Crippen LogP contribution < -0.4 is 0 Å². The van der Waals surface area contributed by atoms with E-state index in [0.717, 1.165) is 11.1 Å². The Bertz CT molecular complexity index is 620. The Morgan fingerprint density at radius 2 is 1.65 bits per heavy atom. The van der Waals surface area contributed by atoms with Crippen LogP contribution in [-0.4, -0.2) is 39.3 Å². The summed E-state index contributed by atoms with van der Waals surface area (Å²) >= 11 is 0. The molecule has 0 saturated heterocycles. The SMILES string of the molecule is CC(C)=CC[C@@H](O)[C@@]1(O)C(=O)C(C(=O)CC(C)C)C(=O)[C@H]1CC=C(C)C. The molecule has 0 spiro atoms. The number of allylic oxidation sites excluding steroid dienone is 3. The van der Waals surface area contributed by atoms with Gasteiger partial charge in [-0.2, -0.15) is 0 Å². The lowest BCUT2D eigenvalue weighted by Crippen LogP contribution is -2.52. The average molecular weight is 364 g/mol. The summed E-state index contributed by atoms with van der Waals surface area (Å²) in [5.41, 5.74) is -0.368. The van der Waals surface area contributed by atoms with Crippen molar-refractivity contribution in [2.75, 3.05) is 0 Å². The predicted molar refractivity (Wildman–Crippen MR) is 101 cm³/mol. The fraction of sp³-hybridized carbons (Fsp3) is 0.667. The highest BCUT2D eigenvalue weighted by atomic mass is 16.4. The van der Waals surface area contributed by atoms with Gasteiger partial charge in [-0.1, -0.05) is 37.1 Å². The molecule has 1 aliphatic carbocycles. The number of hydrogen-bond donors (Lipinski definition) is 2. The van der Waals surface area contributed by atoms with Crippen LogP contribution in [0.5, 0.6) is 0 Å². The number of aliphatic hydroxyl groups is 2. The summed E-state index contributed by atoms with van der Waals surface area (Å²) in [5.74, 6) is -4.47. The topological polar surface area (TPSA) is 91.7 Å². The summed E-state index contributed by atoms with van der Waals surface area (Å²) < 4.78 is 0. The van der Waals surface area contributed by atoms with Gasteiger partial charge in [-0.05, 0) is 46.5 Å². The van der Waals surface area contributed by atoms with Gasteiger partial charge in [-0.3, -0.25) is 14.4 Å². The Morgan fingerprint density at radius 3 is 2.12 bits per heavy atom. The molecule has 1 unspecified atom stereocenters. The fourth-order valence-corrected chi connectivity index (χ4v) is 3.35. The molecule has 0 aromatic carbocycles. The molecular formula is C21H32O5. The lowest BCUT2D eigenvalue weighted by atomic mass is 9.80. The normalized spacial score (nSPS) is 26.8. The Hall–Kier alpha value is -1.59. The number of hydrogen-bond acceptors (Lipinski definition) is 5. The van der Waals surface area contributed by atoms with Crippen molar-refractivity contribution in [2.45, 2.75) is 72.5 Å². The highest BCUT2D eigenvalue weighted by Crippen LogP contribution is 2.41. The fourth-order valence-electron chi connectivity index (χ4n) is 3.35. The van der Waals surface area contributed by atoms with Gasteiger partial charge >= 0.3 is 0 Å². The third kappa shape index (κ3) is 4.77. The van der Waals surface area contributed by atoms with Gasteiger partial charge in [0.2, 0.25) is 0 Å². The van der Waals surface area contributed by atoms with Crippen molar-refractivity contribution < 1.29 is 24.6 Å². The molecule has 5 nitrogen and oxygen atoms in total. The Labute approximate surface area is 156 Å². The highest BCUT2D eigenvalue weighted by molar-refractivity contribution is 6.27. The molecule has 2 N–H and O–H groups in total. The van der Waals surface area contributed by atoms with Crippen molar-refractivity contribution >= 4 is 17.3 Å². The number of ketones is 3. The van der Waals surface area contributed by atoms with Crippen LogP contribution >= 0.6 is 0 Å². The Kier molecular flexibility index (Phi) is 7.66. The third-order valence-corrected chi connectivity index (χ3v) is 4.77. The molecule has 0 amide bonds. The average Bonchev–Trinajstić information content (AvgIpc) is 2.69. The molecule has 0 aromatic rings. The minimum atomic E-state index is -2.23. The van der Waals surface area contributed by atoms with E-state index < -0.39 is 40.9 Å². The molecule has 4 atom stereocenters. The number of carbonyl (C=O) groups excluding carboxylic acids is 3. The van der Waals surface area contributed by atoms with Gasteiger partial charge in [0.1, 0.15) is 5.92 Å². The van der Waals surface area contributed by atoms with Gasteiger partial charge in [0.25, 0.3) is 0 Å². The quantitative estimate of drug-likeness (QED) is 0.510. The van der Waals surface area contributed by atoms with Gasteiger partial charge in [-0.15, -0.1) is 0 Å². The van der Waals surface area contributed by atoms with Crippen LogP contribution in [-0.2, 0) is 14.4 Å². The molecule has 1 aliphatic rings. The molecule has 26 heavy (non-hydrogen) atoms. The summed E-state index contributed by atoms with van der Waals surface area (Å²) in [6.45, 7) is 11.0. The first-order valence-electron chi connectivity index (χ1n) is 9.20. The monoisotopic (exact) mass is 364 g/mol. The largest absolute Gasteiger partial charge is 0.389 e. The summed E-state index contributed by atoms with van der Waals surface area (Å²) in [6.07, 6.45) is 2.30. The van der Waals surface area contributed by atoms with E-state index in [1.807, 2.05) is 41.5 Å². The summed E-state index contributed by atoms with van der Waals surface area (Å²) in [4.78, 5) is 38.2. The van der Waals surface area contributed by atoms with Gasteiger partial charge in [0.15, 0.2) is 23.0 Å². The molecule has 1 saturated carbocycles. The van der Waals surface area contributed by atoms with E-state index >= 15 is 0 Å². The molecule has 1 fully saturated rings. The van der Waals surface area contributed by atoms with E-state index in [9.17, 15) is 24.6 Å². The molecule has 0 aliphatic heterocycles. The van der Waals surface area contributed by atoms with E-state index in [1.165, 1.54) is 0 Å². The predicted octanol–water partition coefficient (Wildman–Crippen LogP) is 2.79. The standard InChI is InChI=1S/C21H32O5/c1-12(2)7-9-15-19(24)18(16(22)11-14(5)6)20(25)21(15,26)17(23)10-8-13(3)4/h7-8,14-15,17-18,23,26H,9-11H2,1-6H3/t15-,17-,18?,21-/m1/s1. The second kappa shape index (κ2) is 8.87. The van der Waals surface area contributed by atoms with Crippen LogP contribution in [0.3, 0.4) is 0 Å². The van der Waals surface area contributed by atoms with Crippen LogP contribution in [0.2, 0.25) is 0 Å². The van der Waals surface area contributed by atoms with E-state index in [2.05, 4.69) is 0 Å². The maximum atomic E-state index is 12.9. The summed E-state index contributed by atoms with van der Waals surface area (Å²) in [7, 11) is 0. The van der Waals surface area contributed by atoms with Crippen LogP contribution in [0.25, 0.3) is 0 Å². The molecule has 0 bridgehead atoms. The summed E-state index contributed by atoms with van der Waals surface area (Å²) in [6, 6.07) is 0. The van der Waals surface area contributed by atoms with E-state index in [4.69, 9.17) is 0 Å². The molecule has 146 valence electrons. The number of rotatable bonds is 8. The number of aliphatic hydroxyl groups excluding tert-OH is 1. The molecule has 0 aromatic heterocycles. The lowest BCUT2D eigenvalue weighted by molar-refractivity contribution is -0.155. The zero-order valence-electron chi connectivity index (χ0n) is 16.7. The van der Waals surface area contributed by atoms with Gasteiger partial charge in [-0.25, -0.2) is 0 Å². The summed E-state index contributed by atoms with van der Waals surface area (Å²) in [5, 5.41) is 21.7. The number of Topliss-reactive ketones (excluding diaryl/α,β-unsaturated/α-hetero) is 3. The molecule has 5 heteroatoms. The Morgan fingerprint density at radius 1 is 1.12 bits per heavy atom. The second-order valence-corrected chi connectivity index (χ2v) is 8.19. The first-order valence-corrected chi connectivity index (χ1v) is 9.20. The maximum absolute atomic E-state index is 12.9. The highest BCUT2D eigenvalue weighted by Gasteiger charge is 2.63. The van der Waals surface area contributed by atoms with Crippen molar-refractivity contribution in [3.63, 3.8) is 0 Å². The molecule has 0 heterocycles. The third-order valence-electron chi connectivity index (χ3n) is 4.77. The van der Waals surface area contributed by atoms with Crippen molar-refractivity contribution in [3.05, 3.63) is 23.3 Å². The van der Waals surface area contributed by atoms with E-state index in [0.29, 0.717) is 0 Å².